The summed E-state index contributed by atoms with van der Waals surface area (Å²) in [4.78, 5) is 29.5. The number of carbonyl (C=O) groups is 1. The van der Waals surface area contributed by atoms with Crippen LogP contribution in [0.2, 0.25) is 5.02 Å². The van der Waals surface area contributed by atoms with E-state index in [2.05, 4.69) is 15.4 Å². The van der Waals surface area contributed by atoms with E-state index in [4.69, 9.17) is 17.3 Å². The van der Waals surface area contributed by atoms with Crippen molar-refractivity contribution in [2.24, 2.45) is 5.73 Å². The van der Waals surface area contributed by atoms with Crippen LogP contribution in [0.25, 0.3) is 0 Å². The molecule has 8 nitrogen and oxygen atoms in total. The maximum absolute atomic E-state index is 12.8. The van der Waals surface area contributed by atoms with E-state index in [0.717, 1.165) is 16.8 Å². The van der Waals surface area contributed by atoms with Gasteiger partial charge in [-0.1, -0.05) is 17.7 Å². The Balaban J connectivity index is 1.67. The highest BCUT2D eigenvalue weighted by molar-refractivity contribution is 6.30. The smallest absolute Gasteiger partial charge is 0.270 e. The molecule has 0 aliphatic carbocycles. The molecule has 0 unspecified atom stereocenters. The first-order valence-electron chi connectivity index (χ1n) is 9.65. The zero-order chi connectivity index (χ0) is 21.7. The van der Waals surface area contributed by atoms with Crippen molar-refractivity contribution >= 4 is 17.5 Å². The van der Waals surface area contributed by atoms with E-state index in [1.54, 1.807) is 31.6 Å². The molecule has 0 atom stereocenters. The van der Waals surface area contributed by atoms with E-state index in [1.807, 2.05) is 23.8 Å². The van der Waals surface area contributed by atoms with Gasteiger partial charge in [-0.25, -0.2) is 9.67 Å². The van der Waals surface area contributed by atoms with Gasteiger partial charge in [-0.3, -0.25) is 9.59 Å². The first-order valence-corrected chi connectivity index (χ1v) is 10.0. The molecule has 0 spiro atoms. The van der Waals surface area contributed by atoms with Gasteiger partial charge in [0.15, 0.2) is 0 Å². The van der Waals surface area contributed by atoms with Crippen LogP contribution in [-0.2, 0) is 37.4 Å². The molecule has 3 N–H and O–H groups in total. The number of hydrogen-bond donors (Lipinski definition) is 2. The van der Waals surface area contributed by atoms with Crippen LogP contribution in [0.4, 0.5) is 0 Å². The molecule has 0 saturated heterocycles. The van der Waals surface area contributed by atoms with Crippen LogP contribution in [0.5, 0.6) is 0 Å². The third-order valence-corrected chi connectivity index (χ3v) is 5.13. The molecule has 3 aromatic rings. The van der Waals surface area contributed by atoms with Gasteiger partial charge in [-0.2, -0.15) is 5.10 Å². The van der Waals surface area contributed by atoms with Crippen LogP contribution in [0.1, 0.15) is 27.9 Å². The number of hydrogen-bond acceptors (Lipinski definition) is 5. The van der Waals surface area contributed by atoms with E-state index < -0.39 is 0 Å². The molecule has 158 valence electrons. The molecule has 2 aromatic heterocycles. The van der Waals surface area contributed by atoms with Gasteiger partial charge in [-0.05, 0) is 42.7 Å². The van der Waals surface area contributed by atoms with Gasteiger partial charge in [-0.15, -0.1) is 0 Å². The Hall–Kier alpha value is -2.97. The van der Waals surface area contributed by atoms with Crippen molar-refractivity contribution in [1.29, 1.82) is 0 Å². The first-order chi connectivity index (χ1) is 14.4. The van der Waals surface area contributed by atoms with Gasteiger partial charge in [0.05, 0.1) is 31.2 Å². The quantitative estimate of drug-likeness (QED) is 0.568. The average molecular weight is 429 g/mol. The summed E-state index contributed by atoms with van der Waals surface area (Å²) in [5.74, 6) is -0.249. The molecule has 1 aromatic carbocycles. The lowest BCUT2D eigenvalue weighted by molar-refractivity contribution is -0.120. The van der Waals surface area contributed by atoms with Crippen LogP contribution < -0.4 is 16.6 Å². The van der Waals surface area contributed by atoms with E-state index >= 15 is 0 Å². The molecule has 0 radical (unpaired) electrons. The Bertz CT molecular complexity index is 1110. The minimum absolute atomic E-state index is 0.0180. The van der Waals surface area contributed by atoms with Crippen LogP contribution >= 0.6 is 11.6 Å². The highest BCUT2D eigenvalue weighted by atomic mass is 35.5. The van der Waals surface area contributed by atoms with Crippen LogP contribution in [-0.4, -0.2) is 25.2 Å². The lowest BCUT2D eigenvalue weighted by Crippen LogP contribution is -2.33. The lowest BCUT2D eigenvalue weighted by Gasteiger charge is -2.12. The predicted molar refractivity (Wildman–Crippen MR) is 115 cm³/mol. The summed E-state index contributed by atoms with van der Waals surface area (Å²) in [6, 6.07) is 5.40. The summed E-state index contributed by atoms with van der Waals surface area (Å²) in [6.45, 7) is 5.30. The summed E-state index contributed by atoms with van der Waals surface area (Å²) in [6.07, 6.45) is 5.22. The normalized spacial score (nSPS) is 10.9. The van der Waals surface area contributed by atoms with Crippen LogP contribution in [0, 0.1) is 13.8 Å². The fourth-order valence-corrected chi connectivity index (χ4v) is 3.36. The number of benzene rings is 1. The minimum Gasteiger partial charge on any atom is -0.352 e. The molecule has 0 fully saturated rings. The molecule has 0 bridgehead atoms. The SMILES string of the molecule is Cc1cn(CCn2ncc(C)c(CC(=O)NCc3cc(Cl)ccc3CN)c2=O)cn1. The molecule has 2 heterocycles. The van der Waals surface area contributed by atoms with Crippen molar-refractivity contribution < 1.29 is 4.79 Å². The maximum atomic E-state index is 12.8. The number of nitrogens with zero attached hydrogens (tertiary/aromatic N) is 4. The van der Waals surface area contributed by atoms with Gasteiger partial charge in [0.1, 0.15) is 0 Å². The molecule has 3 rings (SSSR count). The number of rotatable bonds is 8. The second-order valence-corrected chi connectivity index (χ2v) is 7.59. The zero-order valence-electron chi connectivity index (χ0n) is 17.1. The van der Waals surface area contributed by atoms with Crippen molar-refractivity contribution in [1.82, 2.24) is 24.6 Å². The average Bonchev–Trinajstić information content (AvgIpc) is 3.14. The molecule has 30 heavy (non-hydrogen) atoms. The highest BCUT2D eigenvalue weighted by Gasteiger charge is 2.14. The second kappa shape index (κ2) is 9.69. The number of amides is 1. The lowest BCUT2D eigenvalue weighted by atomic mass is 10.1. The van der Waals surface area contributed by atoms with Gasteiger partial charge in [0.25, 0.3) is 5.56 Å². The molecule has 1 amide bonds. The number of aryl methyl sites for hydroxylation is 4. The number of aromatic nitrogens is 4. The molecule has 9 heteroatoms. The summed E-state index contributed by atoms with van der Waals surface area (Å²) in [5.41, 5.74) is 9.30. The molecular formula is C21H25ClN6O2. The Morgan fingerprint density at radius 3 is 2.73 bits per heavy atom. The topological polar surface area (TPSA) is 108 Å². The minimum atomic E-state index is -0.257. The predicted octanol–water partition coefficient (Wildman–Crippen LogP) is 1.73. The third-order valence-electron chi connectivity index (χ3n) is 4.89. The van der Waals surface area contributed by atoms with Crippen molar-refractivity contribution in [2.75, 3.05) is 0 Å². The van der Waals surface area contributed by atoms with Gasteiger partial charge in [0.2, 0.25) is 5.91 Å². The number of nitrogens with one attached hydrogen (secondary N) is 1. The summed E-state index contributed by atoms with van der Waals surface area (Å²) in [5, 5.41) is 7.63. The maximum Gasteiger partial charge on any atom is 0.270 e. The van der Waals surface area contributed by atoms with E-state index in [1.165, 1.54) is 4.68 Å². The fourth-order valence-electron chi connectivity index (χ4n) is 3.16. The van der Waals surface area contributed by atoms with Gasteiger partial charge in [0, 0.05) is 36.4 Å². The molecule has 0 aliphatic rings. The number of nitrogens with two attached hydrogens (primary N) is 1. The standard InChI is InChI=1S/C21H25ClN6O2/c1-14-10-26-28(6-5-27-12-15(2)25-13-27)21(30)19(14)8-20(29)24-11-17-7-18(22)4-3-16(17)9-23/h3-4,7,10,12-13H,5-6,8-9,11,23H2,1-2H3,(H,24,29). The third kappa shape index (κ3) is 5.34. The Kier molecular flexibility index (Phi) is 7.02. The largest absolute Gasteiger partial charge is 0.352 e. The number of imidazole rings is 1. The Morgan fingerprint density at radius 2 is 2.03 bits per heavy atom. The van der Waals surface area contributed by atoms with E-state index in [0.29, 0.717) is 42.3 Å². The van der Waals surface area contributed by atoms with Gasteiger partial charge >= 0.3 is 0 Å². The van der Waals surface area contributed by atoms with E-state index in [9.17, 15) is 9.59 Å². The second-order valence-electron chi connectivity index (χ2n) is 7.16. The van der Waals surface area contributed by atoms with Gasteiger partial charge < -0.3 is 15.6 Å². The fraction of sp³-hybridized carbons (Fsp3) is 0.333. The highest BCUT2D eigenvalue weighted by Crippen LogP contribution is 2.15. The summed E-state index contributed by atoms with van der Waals surface area (Å²) in [7, 11) is 0. The summed E-state index contributed by atoms with van der Waals surface area (Å²) >= 11 is 6.04. The number of carbonyl (C=O) groups excluding carboxylic acids is 1. The number of halogens is 1. The monoisotopic (exact) mass is 428 g/mol. The molecular weight excluding hydrogens is 404 g/mol. The summed E-state index contributed by atoms with van der Waals surface area (Å²) < 4.78 is 3.28. The molecule has 0 aliphatic heterocycles. The zero-order valence-corrected chi connectivity index (χ0v) is 17.8. The van der Waals surface area contributed by atoms with Crippen molar-refractivity contribution in [3.05, 3.63) is 80.2 Å². The van der Waals surface area contributed by atoms with Crippen LogP contribution in [0.3, 0.4) is 0 Å². The Morgan fingerprint density at radius 1 is 1.23 bits per heavy atom. The van der Waals surface area contributed by atoms with Crippen LogP contribution in [0.15, 0.2) is 41.7 Å². The van der Waals surface area contributed by atoms with Crippen molar-refractivity contribution in [3.63, 3.8) is 0 Å². The first kappa shape index (κ1) is 21.7. The van der Waals surface area contributed by atoms with Crippen molar-refractivity contribution in [3.8, 4) is 0 Å². The Labute approximate surface area is 179 Å². The van der Waals surface area contributed by atoms with Crippen molar-refractivity contribution in [2.45, 2.75) is 46.4 Å². The van der Waals surface area contributed by atoms with E-state index in [-0.39, 0.29) is 17.9 Å². The molecule has 0 saturated carbocycles.